The molecular formula is C25H32FN5O3S. The number of amides is 1. The number of nitrogens with two attached hydrogens (primary N) is 1. The highest BCUT2D eigenvalue weighted by Crippen LogP contribution is 2.36. The molecule has 8 nitrogen and oxygen atoms in total. The molecule has 3 N–H and O–H groups in total. The van der Waals surface area contributed by atoms with Crippen molar-refractivity contribution in [1.82, 2.24) is 19.4 Å². The van der Waals surface area contributed by atoms with Crippen LogP contribution in [0.4, 0.5) is 4.39 Å². The van der Waals surface area contributed by atoms with Crippen molar-refractivity contribution in [2.45, 2.75) is 32.6 Å². The summed E-state index contributed by atoms with van der Waals surface area (Å²) in [6.07, 6.45) is 1.27. The fraction of sp³-hybridized carbons (Fsp3) is 0.440. The van der Waals surface area contributed by atoms with Crippen LogP contribution in [0.15, 0.2) is 36.4 Å². The molecule has 1 aliphatic rings. The maximum absolute atomic E-state index is 13.8. The quantitative estimate of drug-likeness (QED) is 0.467. The van der Waals surface area contributed by atoms with E-state index in [0.29, 0.717) is 49.1 Å². The first kappa shape index (κ1) is 25.3. The van der Waals surface area contributed by atoms with Crippen LogP contribution in [0.1, 0.15) is 48.7 Å². The van der Waals surface area contributed by atoms with E-state index in [1.807, 2.05) is 19.9 Å². The van der Waals surface area contributed by atoms with Crippen molar-refractivity contribution < 1.29 is 17.6 Å². The minimum Gasteiger partial charge on any atom is -0.366 e. The number of aromatic amines is 1. The van der Waals surface area contributed by atoms with E-state index < -0.39 is 15.9 Å². The normalized spacial score (nSPS) is 15.8. The van der Waals surface area contributed by atoms with Gasteiger partial charge in [0.1, 0.15) is 11.3 Å². The number of carbonyl (C=O) groups is 1. The lowest BCUT2D eigenvalue weighted by Crippen LogP contribution is -2.41. The minimum absolute atomic E-state index is 0.0534. The summed E-state index contributed by atoms with van der Waals surface area (Å²) >= 11 is 0. The molecule has 0 bridgehead atoms. The van der Waals surface area contributed by atoms with Crippen molar-refractivity contribution in [1.29, 1.82) is 0 Å². The number of hydrogen-bond donors (Lipinski definition) is 2. The smallest absolute Gasteiger partial charge is 0.251 e. The molecule has 0 spiro atoms. The van der Waals surface area contributed by atoms with Gasteiger partial charge in [-0.25, -0.2) is 17.1 Å². The van der Waals surface area contributed by atoms with Crippen LogP contribution in [-0.4, -0.2) is 72.2 Å². The number of hydrogen-bond acceptors (Lipinski definition) is 5. The highest BCUT2D eigenvalue weighted by Gasteiger charge is 2.31. The molecule has 3 aromatic rings. The number of fused-ring (bicyclic) bond motifs is 1. The number of piperidine rings is 1. The molecule has 0 atom stereocenters. The molecule has 0 unspecified atom stereocenters. The Morgan fingerprint density at radius 1 is 1.17 bits per heavy atom. The molecule has 10 heteroatoms. The Labute approximate surface area is 205 Å². The van der Waals surface area contributed by atoms with Crippen molar-refractivity contribution in [2.24, 2.45) is 5.73 Å². The van der Waals surface area contributed by atoms with Gasteiger partial charge in [-0.05, 0) is 61.3 Å². The summed E-state index contributed by atoms with van der Waals surface area (Å²) in [6.45, 7) is 7.09. The molecule has 1 fully saturated rings. The molecule has 0 saturated carbocycles. The van der Waals surface area contributed by atoms with Crippen LogP contribution in [0.2, 0.25) is 0 Å². The Hall–Kier alpha value is -2.82. The van der Waals surface area contributed by atoms with E-state index in [0.717, 1.165) is 24.2 Å². The van der Waals surface area contributed by atoms with Gasteiger partial charge in [0, 0.05) is 36.6 Å². The van der Waals surface area contributed by atoms with Gasteiger partial charge in [0.25, 0.3) is 5.91 Å². The molecule has 1 aliphatic heterocycles. The second-order valence-electron chi connectivity index (χ2n) is 8.95. The second-order valence-corrected chi connectivity index (χ2v) is 11.0. The fourth-order valence-corrected chi connectivity index (χ4v) is 6.32. The summed E-state index contributed by atoms with van der Waals surface area (Å²) in [4.78, 5) is 14.3. The average molecular weight is 502 g/mol. The third-order valence-corrected chi connectivity index (χ3v) is 8.78. The van der Waals surface area contributed by atoms with Gasteiger partial charge in [0.05, 0.1) is 11.3 Å². The van der Waals surface area contributed by atoms with Crippen molar-refractivity contribution >= 4 is 26.8 Å². The standard InChI is InChI=1S/C25H32FN5O3S/c1-3-30(4-2)12-13-35(33,34)31-10-8-17(9-11-31)23-21-15-19(18-6-5-7-20(26)14-18)16-22(25(27)32)24(21)29-28-23/h5-7,14-17H,3-4,8-13H2,1-2H3,(H2,27,32)(H,28,29). The van der Waals surface area contributed by atoms with Crippen molar-refractivity contribution in [3.05, 3.63) is 53.5 Å². The summed E-state index contributed by atoms with van der Waals surface area (Å²) in [5.41, 5.74) is 8.53. The van der Waals surface area contributed by atoms with Gasteiger partial charge in [-0.3, -0.25) is 9.89 Å². The molecule has 1 aromatic heterocycles. The summed E-state index contributed by atoms with van der Waals surface area (Å²) in [5, 5.41) is 8.19. The second kappa shape index (κ2) is 10.4. The molecular weight excluding hydrogens is 469 g/mol. The number of sulfonamides is 1. The first-order chi connectivity index (χ1) is 16.7. The van der Waals surface area contributed by atoms with Gasteiger partial charge in [-0.1, -0.05) is 26.0 Å². The summed E-state index contributed by atoms with van der Waals surface area (Å²) < 4.78 is 41.2. The predicted molar refractivity (Wildman–Crippen MR) is 135 cm³/mol. The first-order valence-corrected chi connectivity index (χ1v) is 13.6. The van der Waals surface area contributed by atoms with Crippen molar-refractivity contribution in [2.75, 3.05) is 38.5 Å². The first-order valence-electron chi connectivity index (χ1n) is 12.0. The molecule has 35 heavy (non-hydrogen) atoms. The lowest BCUT2D eigenvalue weighted by atomic mass is 9.90. The highest BCUT2D eigenvalue weighted by molar-refractivity contribution is 7.89. The number of benzene rings is 2. The van der Waals surface area contributed by atoms with E-state index in [-0.39, 0.29) is 23.1 Å². The highest BCUT2D eigenvalue weighted by atomic mass is 32.2. The third-order valence-electron chi connectivity index (χ3n) is 6.93. The molecule has 1 amide bonds. The Morgan fingerprint density at radius 2 is 1.89 bits per heavy atom. The predicted octanol–water partition coefficient (Wildman–Crippen LogP) is 3.32. The van der Waals surface area contributed by atoms with E-state index in [4.69, 9.17) is 5.73 Å². The number of nitrogens with zero attached hydrogens (tertiary/aromatic N) is 3. The van der Waals surface area contributed by atoms with Crippen LogP contribution in [0, 0.1) is 5.82 Å². The topological polar surface area (TPSA) is 112 Å². The van der Waals surface area contributed by atoms with E-state index in [1.165, 1.54) is 12.1 Å². The van der Waals surface area contributed by atoms with Gasteiger partial charge in [0.2, 0.25) is 10.0 Å². The minimum atomic E-state index is -3.33. The Kier molecular flexibility index (Phi) is 7.53. The number of H-pyrrole nitrogens is 1. The van der Waals surface area contributed by atoms with Gasteiger partial charge in [-0.2, -0.15) is 5.10 Å². The van der Waals surface area contributed by atoms with Crippen LogP contribution in [0.5, 0.6) is 0 Å². The zero-order valence-corrected chi connectivity index (χ0v) is 20.9. The van der Waals surface area contributed by atoms with Crippen LogP contribution in [-0.2, 0) is 10.0 Å². The number of aromatic nitrogens is 2. The third kappa shape index (κ3) is 5.39. The molecule has 0 radical (unpaired) electrons. The van der Waals surface area contributed by atoms with Gasteiger partial charge in [-0.15, -0.1) is 0 Å². The maximum Gasteiger partial charge on any atom is 0.251 e. The zero-order valence-electron chi connectivity index (χ0n) is 20.1. The largest absolute Gasteiger partial charge is 0.366 e. The molecule has 0 aliphatic carbocycles. The molecule has 2 heterocycles. The van der Waals surface area contributed by atoms with Crippen molar-refractivity contribution in [3.63, 3.8) is 0 Å². The van der Waals surface area contributed by atoms with E-state index in [1.54, 1.807) is 22.5 Å². The molecule has 1 saturated heterocycles. The maximum atomic E-state index is 13.8. The number of carbonyl (C=O) groups excluding carboxylic acids is 1. The van der Waals surface area contributed by atoms with Gasteiger partial charge < -0.3 is 10.6 Å². The average Bonchev–Trinajstić information content (AvgIpc) is 3.28. The molecule has 188 valence electrons. The Morgan fingerprint density at radius 3 is 2.51 bits per heavy atom. The number of primary amides is 1. The number of rotatable bonds is 9. The van der Waals surface area contributed by atoms with E-state index in [9.17, 15) is 17.6 Å². The molecule has 2 aromatic carbocycles. The number of halogens is 1. The molecule has 4 rings (SSSR count). The monoisotopic (exact) mass is 501 g/mol. The lowest BCUT2D eigenvalue weighted by molar-refractivity contribution is 0.100. The van der Waals surface area contributed by atoms with E-state index in [2.05, 4.69) is 15.1 Å². The van der Waals surface area contributed by atoms with Crippen molar-refractivity contribution in [3.8, 4) is 11.1 Å². The van der Waals surface area contributed by atoms with Gasteiger partial charge >= 0.3 is 0 Å². The van der Waals surface area contributed by atoms with E-state index >= 15 is 0 Å². The number of nitrogens with one attached hydrogen (secondary N) is 1. The Balaban J connectivity index is 1.58. The van der Waals surface area contributed by atoms with Gasteiger partial charge in [0.15, 0.2) is 0 Å². The summed E-state index contributed by atoms with van der Waals surface area (Å²) in [7, 11) is -3.33. The zero-order chi connectivity index (χ0) is 25.2. The SMILES string of the molecule is CCN(CC)CCS(=O)(=O)N1CCC(c2[nH]nc3c(C(N)=O)cc(-c4cccc(F)c4)cc23)CC1. The fourth-order valence-electron chi connectivity index (χ4n) is 4.81. The van der Waals surface area contributed by atoms with Crippen LogP contribution < -0.4 is 5.73 Å². The Bertz CT molecular complexity index is 1310. The van der Waals surface area contributed by atoms with Crippen LogP contribution in [0.25, 0.3) is 22.0 Å². The van der Waals surface area contributed by atoms with Crippen LogP contribution in [0.3, 0.4) is 0 Å². The summed E-state index contributed by atoms with van der Waals surface area (Å²) in [5.74, 6) is -0.811. The van der Waals surface area contributed by atoms with Crippen LogP contribution >= 0.6 is 0 Å². The lowest BCUT2D eigenvalue weighted by Gasteiger charge is -2.31. The summed E-state index contributed by atoms with van der Waals surface area (Å²) in [6, 6.07) is 9.69.